The van der Waals surface area contributed by atoms with Crippen molar-refractivity contribution in [2.24, 2.45) is 11.5 Å². The van der Waals surface area contributed by atoms with E-state index in [0.717, 1.165) is 5.56 Å². The predicted octanol–water partition coefficient (Wildman–Crippen LogP) is 0.468. The van der Waals surface area contributed by atoms with Crippen molar-refractivity contribution in [3.05, 3.63) is 35.9 Å². The van der Waals surface area contributed by atoms with E-state index in [1.807, 2.05) is 30.3 Å². The summed E-state index contributed by atoms with van der Waals surface area (Å²) in [6.45, 7) is 0.134. The van der Waals surface area contributed by atoms with Gasteiger partial charge in [-0.25, -0.2) is 4.79 Å². The Kier molecular flexibility index (Phi) is 7.44. The quantitative estimate of drug-likeness (QED) is 0.780. The zero-order valence-electron chi connectivity index (χ0n) is 9.18. The maximum atomic E-state index is 10.9. The molecule has 1 aromatic carbocycles. The second kappa shape index (κ2) is 8.43. The number of rotatable bonds is 3. The van der Waals surface area contributed by atoms with Crippen LogP contribution in [0.4, 0.5) is 4.79 Å². The summed E-state index contributed by atoms with van der Waals surface area (Å²) in [5.74, 6) is 0.0798. The van der Waals surface area contributed by atoms with Crippen LogP contribution in [0.2, 0.25) is 0 Å². The van der Waals surface area contributed by atoms with E-state index in [-0.39, 0.29) is 12.3 Å². The molecule has 0 unspecified atom stereocenters. The van der Waals surface area contributed by atoms with Gasteiger partial charge in [0.05, 0.1) is 13.7 Å². The van der Waals surface area contributed by atoms with Crippen LogP contribution in [-0.2, 0) is 16.0 Å². The molecule has 0 fully saturated rings. The molecule has 0 atom stereocenters. The van der Waals surface area contributed by atoms with E-state index in [9.17, 15) is 9.59 Å². The molecule has 0 spiro atoms. The van der Waals surface area contributed by atoms with Crippen LogP contribution in [0.5, 0.6) is 0 Å². The lowest BCUT2D eigenvalue weighted by Gasteiger charge is -1.96. The van der Waals surface area contributed by atoms with E-state index in [1.54, 1.807) is 0 Å². The molecule has 0 heterocycles. The van der Waals surface area contributed by atoms with Gasteiger partial charge in [-0.3, -0.25) is 4.79 Å². The van der Waals surface area contributed by atoms with Crippen LogP contribution in [0.15, 0.2) is 30.3 Å². The summed E-state index contributed by atoms with van der Waals surface area (Å²) in [5, 5.41) is 0. The monoisotopic (exact) mass is 224 g/mol. The zero-order chi connectivity index (χ0) is 12.4. The molecule has 0 aliphatic carbocycles. The highest BCUT2D eigenvalue weighted by Crippen LogP contribution is 1.98. The Morgan fingerprint density at radius 3 is 2.12 bits per heavy atom. The summed E-state index contributed by atoms with van der Waals surface area (Å²) in [5.41, 5.74) is 10.6. The fourth-order valence-corrected chi connectivity index (χ4v) is 0.896. The van der Waals surface area contributed by atoms with E-state index in [1.165, 1.54) is 7.11 Å². The topological polar surface area (TPSA) is 95.4 Å². The highest BCUT2D eigenvalue weighted by Gasteiger charge is 1.98. The molecule has 0 saturated heterocycles. The van der Waals surface area contributed by atoms with Gasteiger partial charge in [-0.05, 0) is 5.56 Å². The lowest BCUT2D eigenvalue weighted by atomic mass is 10.1. The van der Waals surface area contributed by atoms with Gasteiger partial charge >= 0.3 is 6.09 Å². The van der Waals surface area contributed by atoms with E-state index < -0.39 is 6.09 Å². The van der Waals surface area contributed by atoms with Gasteiger partial charge in [0.2, 0.25) is 0 Å². The molecule has 0 aliphatic heterocycles. The highest BCUT2D eigenvalue weighted by molar-refractivity contribution is 5.82. The molecule has 1 aromatic rings. The molecular weight excluding hydrogens is 208 g/mol. The van der Waals surface area contributed by atoms with Crippen molar-refractivity contribution < 1.29 is 14.3 Å². The third kappa shape index (κ3) is 7.52. The van der Waals surface area contributed by atoms with Crippen molar-refractivity contribution in [2.75, 3.05) is 13.7 Å². The predicted molar refractivity (Wildman–Crippen MR) is 60.8 cm³/mol. The molecule has 16 heavy (non-hydrogen) atoms. The van der Waals surface area contributed by atoms with Gasteiger partial charge in [0.25, 0.3) is 0 Å². The molecule has 88 valence electrons. The number of primary amides is 1. The molecule has 1 rings (SSSR count). The van der Waals surface area contributed by atoms with Crippen LogP contribution in [0, 0.1) is 0 Å². The average Bonchev–Trinajstić information content (AvgIpc) is 2.31. The molecule has 4 N–H and O–H groups in total. The summed E-state index contributed by atoms with van der Waals surface area (Å²) >= 11 is 0. The van der Waals surface area contributed by atoms with Crippen LogP contribution in [0.1, 0.15) is 5.56 Å². The number of amides is 1. The van der Waals surface area contributed by atoms with E-state index >= 15 is 0 Å². The summed E-state index contributed by atoms with van der Waals surface area (Å²) < 4.78 is 3.89. The molecule has 0 aromatic heterocycles. The Balaban J connectivity index is 0.000000385. The standard InChI is InChI=1S/C9H11NO.C2H5NO2/c10-7-9(11)6-8-4-2-1-3-5-8;1-5-2(3)4/h1-5H,6-7,10H2;1H3,(H2,3,4). The Bertz CT molecular complexity index is 325. The first-order valence-corrected chi connectivity index (χ1v) is 4.69. The van der Waals surface area contributed by atoms with Crippen molar-refractivity contribution in [3.8, 4) is 0 Å². The molecule has 1 amide bonds. The Morgan fingerprint density at radius 2 is 1.75 bits per heavy atom. The van der Waals surface area contributed by atoms with Crippen LogP contribution >= 0.6 is 0 Å². The van der Waals surface area contributed by atoms with Gasteiger partial charge in [0.1, 0.15) is 0 Å². The van der Waals surface area contributed by atoms with Crippen molar-refractivity contribution in [2.45, 2.75) is 6.42 Å². The number of Topliss-reactive ketones (excluding diaryl/α,β-unsaturated/α-hetero) is 1. The average molecular weight is 224 g/mol. The minimum absolute atomic E-state index is 0.0798. The minimum Gasteiger partial charge on any atom is -0.453 e. The zero-order valence-corrected chi connectivity index (χ0v) is 9.18. The molecule has 5 nitrogen and oxygen atoms in total. The van der Waals surface area contributed by atoms with Gasteiger partial charge in [-0.2, -0.15) is 0 Å². The molecule has 0 aliphatic rings. The van der Waals surface area contributed by atoms with Gasteiger partial charge in [-0.1, -0.05) is 30.3 Å². The Labute approximate surface area is 94.4 Å². The maximum absolute atomic E-state index is 10.9. The molecule has 0 bridgehead atoms. The SMILES string of the molecule is COC(N)=O.NCC(=O)Cc1ccccc1. The first-order valence-electron chi connectivity index (χ1n) is 4.69. The van der Waals surface area contributed by atoms with Gasteiger partial charge < -0.3 is 16.2 Å². The highest BCUT2D eigenvalue weighted by atomic mass is 16.5. The van der Waals surface area contributed by atoms with Crippen molar-refractivity contribution in [3.63, 3.8) is 0 Å². The number of hydrogen-bond acceptors (Lipinski definition) is 4. The lowest BCUT2D eigenvalue weighted by Crippen LogP contribution is -2.15. The fourth-order valence-electron chi connectivity index (χ4n) is 0.896. The van der Waals surface area contributed by atoms with Gasteiger partial charge in [0, 0.05) is 6.42 Å². The smallest absolute Gasteiger partial charge is 0.404 e. The van der Waals surface area contributed by atoms with Gasteiger partial charge in [0.15, 0.2) is 5.78 Å². The van der Waals surface area contributed by atoms with Crippen molar-refractivity contribution in [1.29, 1.82) is 0 Å². The van der Waals surface area contributed by atoms with E-state index in [2.05, 4.69) is 10.5 Å². The van der Waals surface area contributed by atoms with Crippen LogP contribution < -0.4 is 11.5 Å². The number of nitrogens with two attached hydrogens (primary N) is 2. The normalized spacial score (nSPS) is 8.62. The number of ketones is 1. The van der Waals surface area contributed by atoms with Crippen molar-refractivity contribution >= 4 is 11.9 Å². The minimum atomic E-state index is -0.745. The molecule has 0 saturated carbocycles. The molecule has 0 radical (unpaired) electrons. The first kappa shape index (κ1) is 14.1. The fraction of sp³-hybridized carbons (Fsp3) is 0.273. The molecule has 5 heteroatoms. The second-order valence-corrected chi connectivity index (χ2v) is 2.93. The van der Waals surface area contributed by atoms with E-state index in [4.69, 9.17) is 5.73 Å². The number of carbonyl (C=O) groups is 2. The second-order valence-electron chi connectivity index (χ2n) is 2.93. The Morgan fingerprint density at radius 1 is 1.25 bits per heavy atom. The maximum Gasteiger partial charge on any atom is 0.404 e. The van der Waals surface area contributed by atoms with Crippen molar-refractivity contribution in [1.82, 2.24) is 0 Å². The number of ether oxygens (including phenoxy) is 1. The molecular formula is C11H16N2O3. The summed E-state index contributed by atoms with van der Waals surface area (Å²) in [6, 6.07) is 9.61. The van der Waals surface area contributed by atoms with Crippen LogP contribution in [0.25, 0.3) is 0 Å². The Hall–Kier alpha value is -1.88. The van der Waals surface area contributed by atoms with Crippen LogP contribution in [0.3, 0.4) is 0 Å². The largest absolute Gasteiger partial charge is 0.453 e. The first-order chi connectivity index (χ1) is 7.60. The number of benzene rings is 1. The van der Waals surface area contributed by atoms with E-state index in [0.29, 0.717) is 6.42 Å². The number of carbonyl (C=O) groups excluding carboxylic acids is 2. The summed E-state index contributed by atoms with van der Waals surface area (Å²) in [4.78, 5) is 20.2. The van der Waals surface area contributed by atoms with Gasteiger partial charge in [-0.15, -0.1) is 0 Å². The third-order valence-corrected chi connectivity index (χ3v) is 1.67. The summed E-state index contributed by atoms with van der Waals surface area (Å²) in [7, 11) is 1.22. The third-order valence-electron chi connectivity index (χ3n) is 1.67. The summed E-state index contributed by atoms with van der Waals surface area (Å²) in [6.07, 6.45) is -0.290. The number of methoxy groups -OCH3 is 1. The lowest BCUT2D eigenvalue weighted by molar-refractivity contribution is -0.117. The number of hydrogen-bond donors (Lipinski definition) is 2. The van der Waals surface area contributed by atoms with Crippen LogP contribution in [-0.4, -0.2) is 25.5 Å².